The van der Waals surface area contributed by atoms with Crippen molar-refractivity contribution in [3.63, 3.8) is 0 Å². The smallest absolute Gasteiger partial charge is 0.310 e. The van der Waals surface area contributed by atoms with E-state index in [2.05, 4.69) is 47.7 Å². The topological polar surface area (TPSA) is 54.7 Å². The number of carbonyl (C=O) groups excluding carboxylic acids is 1. The van der Waals surface area contributed by atoms with Crippen molar-refractivity contribution in [2.45, 2.75) is 76.7 Å². The molecule has 29 heavy (non-hydrogen) atoms. The quantitative estimate of drug-likeness (QED) is 0.804. The van der Waals surface area contributed by atoms with Crippen LogP contribution in [0.25, 0.3) is 10.9 Å². The zero-order chi connectivity index (χ0) is 20.1. The molecule has 5 heteroatoms. The van der Waals surface area contributed by atoms with Crippen LogP contribution in [0.15, 0.2) is 24.4 Å². The Morgan fingerprint density at radius 1 is 1.24 bits per heavy atom. The second-order valence-electron chi connectivity index (χ2n) is 9.05. The Labute approximate surface area is 172 Å². The van der Waals surface area contributed by atoms with Gasteiger partial charge in [0.25, 0.3) is 0 Å². The fraction of sp³-hybridized carbons (Fsp3) is 0.625. The summed E-state index contributed by atoms with van der Waals surface area (Å²) in [5.74, 6) is 0.129. The number of nitrogens with zero attached hydrogens (tertiary/aromatic N) is 2. The molecule has 1 aliphatic heterocycles. The number of esters is 1. The highest BCUT2D eigenvalue weighted by Gasteiger charge is 2.43. The molecular weight excluding hydrogens is 364 g/mol. The first kappa shape index (κ1) is 19.1. The molecule has 5 nitrogen and oxygen atoms in total. The standard InChI is InChI=1S/C24H32N2O3/c1-3-25-13-15-12-20-18(17-7-5-8-19(25)23(15)17)11-16(14-26(20)4-2)24(28)29-22-10-6-9-21(22)27/h5,7-8,13,16,18,20-22,27H,3-4,6,9-12,14H2,1-2H3/t16-,18?,20-,21?,22?/m1/s1. The van der Waals surface area contributed by atoms with E-state index in [1.54, 1.807) is 0 Å². The highest BCUT2D eigenvalue weighted by Crippen LogP contribution is 2.45. The van der Waals surface area contributed by atoms with Gasteiger partial charge in [-0.05, 0) is 62.8 Å². The molecule has 2 fully saturated rings. The van der Waals surface area contributed by atoms with Gasteiger partial charge in [0.2, 0.25) is 0 Å². The Morgan fingerprint density at radius 2 is 2.10 bits per heavy atom. The summed E-state index contributed by atoms with van der Waals surface area (Å²) in [4.78, 5) is 15.5. The predicted molar refractivity (Wildman–Crippen MR) is 113 cm³/mol. The monoisotopic (exact) mass is 396 g/mol. The van der Waals surface area contributed by atoms with Crippen LogP contribution in [0.4, 0.5) is 0 Å². The van der Waals surface area contributed by atoms with Crippen molar-refractivity contribution in [2.75, 3.05) is 13.1 Å². The maximum atomic E-state index is 13.0. The minimum Gasteiger partial charge on any atom is -0.459 e. The molecule has 0 bridgehead atoms. The molecule has 0 radical (unpaired) electrons. The van der Waals surface area contributed by atoms with E-state index in [9.17, 15) is 9.90 Å². The van der Waals surface area contributed by atoms with Gasteiger partial charge in [-0.15, -0.1) is 0 Å². The molecule has 0 amide bonds. The molecule has 2 heterocycles. The number of ether oxygens (including phenoxy) is 1. The molecule has 5 rings (SSSR count). The molecule has 0 spiro atoms. The van der Waals surface area contributed by atoms with Crippen LogP contribution in [-0.2, 0) is 22.5 Å². The molecular formula is C24H32N2O3. The van der Waals surface area contributed by atoms with Crippen LogP contribution in [-0.4, -0.2) is 51.9 Å². The highest BCUT2D eigenvalue weighted by molar-refractivity contribution is 5.89. The lowest BCUT2D eigenvalue weighted by Gasteiger charge is -2.46. The number of likely N-dealkylation sites (tertiary alicyclic amines) is 1. The van der Waals surface area contributed by atoms with Crippen molar-refractivity contribution in [3.8, 4) is 0 Å². The summed E-state index contributed by atoms with van der Waals surface area (Å²) >= 11 is 0. The molecule has 156 valence electrons. The van der Waals surface area contributed by atoms with Gasteiger partial charge in [-0.3, -0.25) is 9.69 Å². The maximum Gasteiger partial charge on any atom is 0.310 e. The van der Waals surface area contributed by atoms with Crippen molar-refractivity contribution in [1.29, 1.82) is 0 Å². The van der Waals surface area contributed by atoms with Gasteiger partial charge in [-0.2, -0.15) is 0 Å². The summed E-state index contributed by atoms with van der Waals surface area (Å²) < 4.78 is 8.14. The number of carbonyl (C=O) groups is 1. The fourth-order valence-corrected chi connectivity index (χ4v) is 6.06. The summed E-state index contributed by atoms with van der Waals surface area (Å²) in [5.41, 5.74) is 4.17. The molecule has 5 atom stereocenters. The van der Waals surface area contributed by atoms with Gasteiger partial charge >= 0.3 is 5.97 Å². The van der Waals surface area contributed by atoms with Crippen LogP contribution in [0.5, 0.6) is 0 Å². The largest absolute Gasteiger partial charge is 0.459 e. The molecule has 1 saturated carbocycles. The number of aryl methyl sites for hydroxylation is 1. The number of hydrogen-bond donors (Lipinski definition) is 1. The Kier molecular flexibility index (Phi) is 4.91. The molecule has 3 aliphatic rings. The van der Waals surface area contributed by atoms with Crippen molar-refractivity contribution in [3.05, 3.63) is 35.5 Å². The van der Waals surface area contributed by atoms with Gasteiger partial charge in [0.05, 0.1) is 12.0 Å². The molecule has 3 unspecified atom stereocenters. The van der Waals surface area contributed by atoms with Gasteiger partial charge < -0.3 is 14.4 Å². The number of hydrogen-bond acceptors (Lipinski definition) is 4. The number of fused-ring (bicyclic) bond motifs is 2. The van der Waals surface area contributed by atoms with E-state index in [-0.39, 0.29) is 18.0 Å². The highest BCUT2D eigenvalue weighted by atomic mass is 16.6. The summed E-state index contributed by atoms with van der Waals surface area (Å²) in [6.07, 6.45) is 5.91. The maximum absolute atomic E-state index is 13.0. The average molecular weight is 397 g/mol. The third kappa shape index (κ3) is 3.10. The molecule has 2 aromatic rings. The third-order valence-electron chi connectivity index (χ3n) is 7.54. The lowest BCUT2D eigenvalue weighted by Crippen LogP contribution is -2.51. The number of rotatable bonds is 4. The first-order valence-corrected chi connectivity index (χ1v) is 11.3. The average Bonchev–Trinajstić information content (AvgIpc) is 3.31. The van der Waals surface area contributed by atoms with Crippen LogP contribution in [0, 0.1) is 5.92 Å². The van der Waals surface area contributed by atoms with Gasteiger partial charge in [-0.1, -0.05) is 19.1 Å². The van der Waals surface area contributed by atoms with Gasteiger partial charge in [-0.25, -0.2) is 0 Å². The molecule has 1 aromatic heterocycles. The Balaban J connectivity index is 1.46. The zero-order valence-corrected chi connectivity index (χ0v) is 17.5. The second-order valence-corrected chi connectivity index (χ2v) is 9.05. The lowest BCUT2D eigenvalue weighted by atomic mass is 9.72. The first-order valence-electron chi connectivity index (χ1n) is 11.3. The van der Waals surface area contributed by atoms with Crippen LogP contribution in [0.1, 0.15) is 56.6 Å². The summed E-state index contributed by atoms with van der Waals surface area (Å²) in [5, 5.41) is 11.5. The summed E-state index contributed by atoms with van der Waals surface area (Å²) in [6.45, 7) is 7.07. The number of aliphatic hydroxyl groups excluding tert-OH is 1. The fourth-order valence-electron chi connectivity index (χ4n) is 6.06. The molecule has 1 saturated heterocycles. The van der Waals surface area contributed by atoms with E-state index >= 15 is 0 Å². The minimum atomic E-state index is -0.489. The zero-order valence-electron chi connectivity index (χ0n) is 17.5. The van der Waals surface area contributed by atoms with Crippen LogP contribution in [0.3, 0.4) is 0 Å². The number of benzene rings is 1. The van der Waals surface area contributed by atoms with Crippen molar-refractivity contribution >= 4 is 16.9 Å². The molecule has 1 aromatic carbocycles. The van der Waals surface area contributed by atoms with E-state index < -0.39 is 6.10 Å². The number of piperidine rings is 1. The summed E-state index contributed by atoms with van der Waals surface area (Å²) in [7, 11) is 0. The molecule has 1 N–H and O–H groups in total. The van der Waals surface area contributed by atoms with Crippen molar-refractivity contribution in [1.82, 2.24) is 9.47 Å². The third-order valence-corrected chi connectivity index (χ3v) is 7.54. The van der Waals surface area contributed by atoms with Crippen molar-refractivity contribution in [2.24, 2.45) is 5.92 Å². The van der Waals surface area contributed by atoms with Crippen LogP contribution < -0.4 is 0 Å². The summed E-state index contributed by atoms with van der Waals surface area (Å²) in [6, 6.07) is 7.11. The lowest BCUT2D eigenvalue weighted by molar-refractivity contribution is -0.161. The SMILES string of the molecule is CCN1C[C@H](C(=O)OC2CCCC2O)CC2c3cccc4c3c(cn4CC)C[C@H]21. The van der Waals surface area contributed by atoms with E-state index in [0.29, 0.717) is 12.0 Å². The normalized spacial score (nSPS) is 31.8. The van der Waals surface area contributed by atoms with Gasteiger partial charge in [0.15, 0.2) is 0 Å². The Morgan fingerprint density at radius 3 is 2.83 bits per heavy atom. The minimum absolute atomic E-state index is 0.114. The predicted octanol–water partition coefficient (Wildman–Crippen LogP) is 3.47. The van der Waals surface area contributed by atoms with Crippen LogP contribution in [0.2, 0.25) is 0 Å². The Hall–Kier alpha value is -1.85. The van der Waals surface area contributed by atoms with E-state index in [1.807, 2.05) is 0 Å². The van der Waals surface area contributed by atoms with E-state index in [0.717, 1.165) is 51.7 Å². The number of likely N-dealkylation sites (N-methyl/N-ethyl adjacent to an activating group) is 1. The Bertz CT molecular complexity index is 920. The number of aliphatic hydroxyl groups is 1. The van der Waals surface area contributed by atoms with Gasteiger partial charge in [0, 0.05) is 42.1 Å². The van der Waals surface area contributed by atoms with E-state index in [1.165, 1.54) is 22.0 Å². The number of aromatic nitrogens is 1. The van der Waals surface area contributed by atoms with E-state index in [4.69, 9.17) is 4.74 Å². The first-order chi connectivity index (χ1) is 14.1. The second kappa shape index (κ2) is 7.44. The van der Waals surface area contributed by atoms with Crippen molar-refractivity contribution < 1.29 is 14.6 Å². The van der Waals surface area contributed by atoms with Crippen LogP contribution >= 0.6 is 0 Å². The van der Waals surface area contributed by atoms with Gasteiger partial charge in [0.1, 0.15) is 6.10 Å². The molecule has 2 aliphatic carbocycles.